The first-order valence-corrected chi connectivity index (χ1v) is 8.90. The van der Waals surface area contributed by atoms with Gasteiger partial charge in [-0.3, -0.25) is 4.79 Å². The van der Waals surface area contributed by atoms with Crippen LogP contribution >= 0.6 is 11.6 Å². The van der Waals surface area contributed by atoms with Crippen molar-refractivity contribution >= 4 is 29.3 Å². The van der Waals surface area contributed by atoms with Gasteiger partial charge in [-0.15, -0.1) is 0 Å². The van der Waals surface area contributed by atoms with E-state index in [0.717, 1.165) is 11.8 Å². The second-order valence-corrected chi connectivity index (χ2v) is 6.34. The minimum Gasteiger partial charge on any atom is -0.496 e. The molecule has 0 aliphatic carbocycles. The van der Waals surface area contributed by atoms with Crippen LogP contribution in [0.5, 0.6) is 11.5 Å². The summed E-state index contributed by atoms with van der Waals surface area (Å²) in [4.78, 5) is 27.5. The van der Waals surface area contributed by atoms with E-state index >= 15 is 0 Å². The molecule has 29 heavy (non-hydrogen) atoms. The summed E-state index contributed by atoms with van der Waals surface area (Å²) < 4.78 is 11.0. The lowest BCUT2D eigenvalue weighted by atomic mass is 10.1. The van der Waals surface area contributed by atoms with Crippen LogP contribution in [-0.4, -0.2) is 29.1 Å². The SMILES string of the molecule is COc1ccc(OCc2ccccc2Cl)cc1C(=O)Nc1ccc(C(=O)O)cn1. The summed E-state index contributed by atoms with van der Waals surface area (Å²) in [5, 5.41) is 12.1. The van der Waals surface area contributed by atoms with Gasteiger partial charge in [0.25, 0.3) is 5.91 Å². The number of nitrogens with one attached hydrogen (secondary N) is 1. The molecule has 0 unspecified atom stereocenters. The summed E-state index contributed by atoms with van der Waals surface area (Å²) >= 11 is 6.13. The second-order valence-electron chi connectivity index (χ2n) is 5.93. The smallest absolute Gasteiger partial charge is 0.337 e. The number of pyridine rings is 1. The maximum Gasteiger partial charge on any atom is 0.337 e. The molecule has 0 radical (unpaired) electrons. The van der Waals surface area contributed by atoms with Crippen LogP contribution in [0.3, 0.4) is 0 Å². The number of anilines is 1. The van der Waals surface area contributed by atoms with E-state index in [2.05, 4.69) is 10.3 Å². The first-order chi connectivity index (χ1) is 14.0. The summed E-state index contributed by atoms with van der Waals surface area (Å²) in [6.45, 7) is 0.241. The van der Waals surface area contributed by atoms with Crippen molar-refractivity contribution in [1.29, 1.82) is 0 Å². The number of nitrogens with zero attached hydrogens (tertiary/aromatic N) is 1. The molecule has 0 saturated heterocycles. The summed E-state index contributed by atoms with van der Waals surface area (Å²) in [5.74, 6) is -0.537. The molecule has 2 N–H and O–H groups in total. The second kappa shape index (κ2) is 9.07. The maximum atomic E-state index is 12.7. The largest absolute Gasteiger partial charge is 0.496 e. The molecule has 0 fully saturated rings. The zero-order chi connectivity index (χ0) is 20.8. The lowest BCUT2D eigenvalue weighted by Gasteiger charge is -2.12. The fourth-order valence-corrected chi connectivity index (χ4v) is 2.70. The minimum atomic E-state index is -1.10. The van der Waals surface area contributed by atoms with Crippen molar-refractivity contribution < 1.29 is 24.2 Å². The highest BCUT2D eigenvalue weighted by Crippen LogP contribution is 2.26. The average Bonchev–Trinajstić information content (AvgIpc) is 2.73. The molecule has 0 atom stereocenters. The third-order valence-corrected chi connectivity index (χ3v) is 4.39. The molecule has 1 heterocycles. The fourth-order valence-electron chi connectivity index (χ4n) is 2.51. The summed E-state index contributed by atoms with van der Waals surface area (Å²) in [6.07, 6.45) is 1.16. The molecule has 1 aromatic heterocycles. The van der Waals surface area contributed by atoms with E-state index in [4.69, 9.17) is 26.2 Å². The van der Waals surface area contributed by atoms with Gasteiger partial charge in [0.15, 0.2) is 0 Å². The van der Waals surface area contributed by atoms with Crippen LogP contribution in [0.2, 0.25) is 5.02 Å². The van der Waals surface area contributed by atoms with Gasteiger partial charge in [0.1, 0.15) is 23.9 Å². The first-order valence-electron chi connectivity index (χ1n) is 8.53. The molecule has 0 aliphatic rings. The van der Waals surface area contributed by atoms with Crippen molar-refractivity contribution in [3.05, 3.63) is 82.5 Å². The van der Waals surface area contributed by atoms with Crippen molar-refractivity contribution in [3.8, 4) is 11.5 Å². The standard InChI is InChI=1S/C21H17ClN2O5/c1-28-18-8-7-15(29-12-14-4-2-3-5-17(14)22)10-16(18)20(25)24-19-9-6-13(11-23-19)21(26)27/h2-11H,12H2,1H3,(H,26,27)(H,23,24,25). The molecule has 8 heteroatoms. The van der Waals surface area contributed by atoms with Crippen molar-refractivity contribution in [3.63, 3.8) is 0 Å². The number of hydrogen-bond donors (Lipinski definition) is 2. The molecule has 1 amide bonds. The Morgan fingerprint density at radius 3 is 2.59 bits per heavy atom. The molecular weight excluding hydrogens is 396 g/mol. The van der Waals surface area contributed by atoms with Crippen LogP contribution in [0.25, 0.3) is 0 Å². The number of carbonyl (C=O) groups is 2. The molecule has 0 aliphatic heterocycles. The molecule has 0 bridgehead atoms. The number of hydrogen-bond acceptors (Lipinski definition) is 5. The molecule has 2 aromatic carbocycles. The van der Waals surface area contributed by atoms with Gasteiger partial charge in [-0.1, -0.05) is 29.8 Å². The normalized spacial score (nSPS) is 10.3. The Morgan fingerprint density at radius 2 is 1.93 bits per heavy atom. The van der Waals surface area contributed by atoms with Gasteiger partial charge in [-0.25, -0.2) is 9.78 Å². The summed E-state index contributed by atoms with van der Waals surface area (Å²) in [6, 6.07) is 14.9. The zero-order valence-corrected chi connectivity index (χ0v) is 16.1. The van der Waals surface area contributed by atoms with E-state index in [1.165, 1.54) is 19.2 Å². The van der Waals surface area contributed by atoms with Crippen LogP contribution in [0, 0.1) is 0 Å². The Labute approximate surface area is 171 Å². The van der Waals surface area contributed by atoms with Crippen LogP contribution < -0.4 is 14.8 Å². The number of carboxylic acids is 1. The van der Waals surface area contributed by atoms with E-state index in [0.29, 0.717) is 16.5 Å². The minimum absolute atomic E-state index is 0.0237. The van der Waals surface area contributed by atoms with E-state index in [1.54, 1.807) is 24.3 Å². The van der Waals surface area contributed by atoms with Gasteiger partial charge in [-0.05, 0) is 36.4 Å². The molecule has 3 aromatic rings. The predicted molar refractivity (Wildman–Crippen MR) is 108 cm³/mol. The van der Waals surface area contributed by atoms with Crippen LogP contribution in [0.15, 0.2) is 60.8 Å². The van der Waals surface area contributed by atoms with Gasteiger partial charge >= 0.3 is 5.97 Å². The van der Waals surface area contributed by atoms with Gasteiger partial charge < -0.3 is 19.9 Å². The number of carboxylic acid groups (broad SMARTS) is 1. The Kier molecular flexibility index (Phi) is 6.31. The Morgan fingerprint density at radius 1 is 1.14 bits per heavy atom. The number of methoxy groups -OCH3 is 1. The summed E-state index contributed by atoms with van der Waals surface area (Å²) in [7, 11) is 1.45. The number of carbonyl (C=O) groups excluding carboxylic acids is 1. The maximum absolute atomic E-state index is 12.7. The molecular formula is C21H17ClN2O5. The molecule has 0 saturated carbocycles. The number of ether oxygens (including phenoxy) is 2. The Balaban J connectivity index is 1.76. The highest BCUT2D eigenvalue weighted by atomic mass is 35.5. The number of rotatable bonds is 7. The number of aromatic nitrogens is 1. The number of benzene rings is 2. The Bertz CT molecular complexity index is 1040. The number of amides is 1. The average molecular weight is 413 g/mol. The third kappa shape index (κ3) is 5.03. The lowest BCUT2D eigenvalue weighted by Crippen LogP contribution is -2.14. The fraction of sp³-hybridized carbons (Fsp3) is 0.0952. The van der Waals surface area contributed by atoms with Crippen molar-refractivity contribution in [1.82, 2.24) is 4.98 Å². The monoisotopic (exact) mass is 412 g/mol. The van der Waals surface area contributed by atoms with E-state index in [1.807, 2.05) is 18.2 Å². The van der Waals surface area contributed by atoms with Crippen LogP contribution in [-0.2, 0) is 6.61 Å². The number of halogens is 1. The first kappa shape index (κ1) is 20.2. The highest BCUT2D eigenvalue weighted by Gasteiger charge is 2.15. The molecule has 3 rings (SSSR count). The van der Waals surface area contributed by atoms with Crippen molar-refractivity contribution in [2.45, 2.75) is 6.61 Å². The molecule has 148 valence electrons. The molecule has 0 spiro atoms. The predicted octanol–water partition coefficient (Wildman–Crippen LogP) is 4.27. The van der Waals surface area contributed by atoms with Gasteiger partial charge in [0, 0.05) is 16.8 Å². The van der Waals surface area contributed by atoms with Crippen molar-refractivity contribution in [2.75, 3.05) is 12.4 Å². The number of aromatic carboxylic acids is 1. The van der Waals surface area contributed by atoms with Gasteiger partial charge in [-0.2, -0.15) is 0 Å². The Hall–Kier alpha value is -3.58. The van der Waals surface area contributed by atoms with E-state index in [9.17, 15) is 9.59 Å². The van der Waals surface area contributed by atoms with Crippen molar-refractivity contribution in [2.24, 2.45) is 0 Å². The van der Waals surface area contributed by atoms with Crippen LogP contribution in [0.4, 0.5) is 5.82 Å². The van der Waals surface area contributed by atoms with E-state index < -0.39 is 11.9 Å². The lowest BCUT2D eigenvalue weighted by molar-refractivity contribution is 0.0696. The van der Waals surface area contributed by atoms with Crippen LogP contribution in [0.1, 0.15) is 26.3 Å². The third-order valence-electron chi connectivity index (χ3n) is 4.02. The topological polar surface area (TPSA) is 97.8 Å². The summed E-state index contributed by atoms with van der Waals surface area (Å²) in [5.41, 5.74) is 1.09. The van der Waals surface area contributed by atoms with E-state index in [-0.39, 0.29) is 23.6 Å². The molecule has 7 nitrogen and oxygen atoms in total. The zero-order valence-electron chi connectivity index (χ0n) is 15.4. The quantitative estimate of drug-likeness (QED) is 0.601. The highest BCUT2D eigenvalue weighted by molar-refractivity contribution is 6.31. The van der Waals surface area contributed by atoms with Gasteiger partial charge in [0.2, 0.25) is 0 Å². The van der Waals surface area contributed by atoms with Gasteiger partial charge in [0.05, 0.1) is 18.2 Å².